The molecule has 130 valence electrons. The first-order valence-electron chi connectivity index (χ1n) is 8.32. The summed E-state index contributed by atoms with van der Waals surface area (Å²) in [7, 11) is 0. The van der Waals surface area contributed by atoms with Crippen LogP contribution in [0.5, 0.6) is 0 Å². The molecule has 0 aromatic rings. The molecule has 24 heavy (non-hydrogen) atoms. The lowest BCUT2D eigenvalue weighted by atomic mass is 9.88. The highest BCUT2D eigenvalue weighted by atomic mass is 16.5. The van der Waals surface area contributed by atoms with Crippen molar-refractivity contribution in [3.8, 4) is 0 Å². The van der Waals surface area contributed by atoms with E-state index in [4.69, 9.17) is 10.1 Å². The zero-order chi connectivity index (χ0) is 17.1. The molecule has 4 heterocycles. The van der Waals surface area contributed by atoms with Crippen LogP contribution in [0.25, 0.3) is 0 Å². The van der Waals surface area contributed by atoms with Crippen LogP contribution in [-0.2, 0) is 9.53 Å². The number of morpholine rings is 1. The highest BCUT2D eigenvalue weighted by molar-refractivity contribution is 6.30. The maximum absolute atomic E-state index is 12.4. The van der Waals surface area contributed by atoms with Crippen molar-refractivity contribution < 1.29 is 19.7 Å². The molecule has 8 nitrogen and oxygen atoms in total. The Balaban J connectivity index is 1.81. The number of allylic oxidation sites excluding steroid dienone is 2. The number of carbonyl (C=O) groups is 1. The van der Waals surface area contributed by atoms with Crippen molar-refractivity contribution in [3.05, 3.63) is 22.6 Å². The van der Waals surface area contributed by atoms with Gasteiger partial charge in [-0.3, -0.25) is 15.1 Å². The molecule has 4 aliphatic heterocycles. The molecular weight excluding hydrogens is 312 g/mol. The average molecular weight is 334 g/mol. The highest BCUT2D eigenvalue weighted by Gasteiger charge is 2.60. The topological polar surface area (TPSA) is 109 Å². The van der Waals surface area contributed by atoms with Crippen molar-refractivity contribution in [1.82, 2.24) is 15.1 Å². The van der Waals surface area contributed by atoms with Crippen molar-refractivity contribution in [2.24, 2.45) is 0 Å². The molecule has 3 fully saturated rings. The van der Waals surface area contributed by atoms with Gasteiger partial charge in [0.05, 0.1) is 18.9 Å². The van der Waals surface area contributed by atoms with Crippen molar-refractivity contribution >= 4 is 11.6 Å². The summed E-state index contributed by atoms with van der Waals surface area (Å²) in [6.45, 7) is 4.28. The fourth-order valence-corrected chi connectivity index (χ4v) is 4.33. The van der Waals surface area contributed by atoms with E-state index in [2.05, 4.69) is 5.32 Å². The van der Waals surface area contributed by atoms with Gasteiger partial charge in [-0.15, -0.1) is 0 Å². The predicted molar refractivity (Wildman–Crippen MR) is 85.3 cm³/mol. The fraction of sp³-hybridized carbons (Fsp3) is 0.625. The Labute approximate surface area is 139 Å². The first kappa shape index (κ1) is 15.6. The van der Waals surface area contributed by atoms with E-state index in [0.29, 0.717) is 38.4 Å². The van der Waals surface area contributed by atoms with Crippen LogP contribution in [0.1, 0.15) is 19.8 Å². The largest absolute Gasteiger partial charge is 0.512 e. The van der Waals surface area contributed by atoms with Gasteiger partial charge in [0.2, 0.25) is 5.85 Å². The summed E-state index contributed by atoms with van der Waals surface area (Å²) < 4.78 is 5.39. The maximum atomic E-state index is 12.4. The van der Waals surface area contributed by atoms with Crippen LogP contribution in [0, 0.1) is 5.41 Å². The van der Waals surface area contributed by atoms with E-state index in [1.165, 1.54) is 6.92 Å². The third kappa shape index (κ3) is 1.90. The second-order valence-corrected chi connectivity index (χ2v) is 6.64. The first-order valence-corrected chi connectivity index (χ1v) is 8.32. The van der Waals surface area contributed by atoms with Gasteiger partial charge in [0.25, 0.3) is 5.91 Å². The Hall–Kier alpha value is -1.90. The Morgan fingerprint density at radius 2 is 2.08 bits per heavy atom. The number of nitrogens with one attached hydrogen (secondary N) is 2. The predicted octanol–water partition coefficient (Wildman–Crippen LogP) is -0.322. The summed E-state index contributed by atoms with van der Waals surface area (Å²) >= 11 is 0. The van der Waals surface area contributed by atoms with Gasteiger partial charge in [-0.1, -0.05) is 0 Å². The number of piperidine rings is 1. The van der Waals surface area contributed by atoms with Crippen LogP contribution >= 0.6 is 0 Å². The second kappa shape index (κ2) is 5.30. The van der Waals surface area contributed by atoms with Gasteiger partial charge in [-0.05, 0) is 19.8 Å². The van der Waals surface area contributed by atoms with E-state index >= 15 is 0 Å². The first-order chi connectivity index (χ1) is 11.5. The second-order valence-electron chi connectivity index (χ2n) is 6.64. The molecule has 3 saturated heterocycles. The number of hydrogen-bond acceptors (Lipinski definition) is 7. The fourth-order valence-electron chi connectivity index (χ4n) is 4.33. The van der Waals surface area contributed by atoms with Gasteiger partial charge < -0.3 is 25.2 Å². The molecule has 4 rings (SSSR count). The Kier molecular flexibility index (Phi) is 3.45. The van der Waals surface area contributed by atoms with Crippen LogP contribution in [0.15, 0.2) is 22.6 Å². The van der Waals surface area contributed by atoms with Crippen LogP contribution in [0.2, 0.25) is 0 Å². The third-order valence-corrected chi connectivity index (χ3v) is 5.37. The highest BCUT2D eigenvalue weighted by Crippen LogP contribution is 2.46. The number of hydrogen-bond donors (Lipinski definition) is 4. The Bertz CT molecular complexity index is 676. The van der Waals surface area contributed by atoms with E-state index in [0.717, 1.165) is 18.5 Å². The minimum absolute atomic E-state index is 0.00757. The summed E-state index contributed by atoms with van der Waals surface area (Å²) in [6.07, 6.45) is 1.66. The molecule has 4 N–H and O–H groups in total. The van der Waals surface area contributed by atoms with Gasteiger partial charge in [0.15, 0.2) is 0 Å². The third-order valence-electron chi connectivity index (χ3n) is 5.37. The summed E-state index contributed by atoms with van der Waals surface area (Å²) in [4.78, 5) is 16.3. The van der Waals surface area contributed by atoms with Crippen molar-refractivity contribution in [2.75, 3.05) is 32.8 Å². The lowest BCUT2D eigenvalue weighted by Crippen LogP contribution is -2.70. The number of amides is 1. The number of ether oxygens (including phenoxy) is 1. The zero-order valence-corrected chi connectivity index (χ0v) is 13.6. The Morgan fingerprint density at radius 1 is 1.38 bits per heavy atom. The molecule has 8 heteroatoms. The van der Waals surface area contributed by atoms with E-state index in [1.54, 1.807) is 0 Å². The number of fused-ring (bicyclic) bond motifs is 2. The number of rotatable bonds is 1. The minimum Gasteiger partial charge on any atom is -0.512 e. The maximum Gasteiger partial charge on any atom is 0.257 e. The van der Waals surface area contributed by atoms with Crippen LogP contribution in [-0.4, -0.2) is 76.4 Å². The monoisotopic (exact) mass is 334 g/mol. The molecule has 2 unspecified atom stereocenters. The van der Waals surface area contributed by atoms with Gasteiger partial charge in [0, 0.05) is 30.9 Å². The van der Waals surface area contributed by atoms with Gasteiger partial charge in [-0.2, -0.15) is 0 Å². The smallest absolute Gasteiger partial charge is 0.257 e. The molecule has 0 saturated carbocycles. The molecule has 4 aliphatic rings. The van der Waals surface area contributed by atoms with Gasteiger partial charge >= 0.3 is 0 Å². The standard InChI is InChI=1S/C16H22N4O4/c1-9(21)11-13(17)12-10-3-2-4-20(10)16(23,14(12)18-15(11)22)19-5-7-24-8-6-19/h14,17,21,23H,2-8H2,1H3,(H,18,22). The summed E-state index contributed by atoms with van der Waals surface area (Å²) in [5.41, 5.74) is 1.55. The normalized spacial score (nSPS) is 35.9. The van der Waals surface area contributed by atoms with Crippen LogP contribution in [0.3, 0.4) is 0 Å². The summed E-state index contributed by atoms with van der Waals surface area (Å²) in [6, 6.07) is -0.686. The molecule has 0 aliphatic carbocycles. The molecule has 2 atom stereocenters. The summed E-state index contributed by atoms with van der Waals surface area (Å²) in [5.74, 6) is -2.06. The van der Waals surface area contributed by atoms with Crippen molar-refractivity contribution in [3.63, 3.8) is 0 Å². The summed E-state index contributed by atoms with van der Waals surface area (Å²) in [5, 5.41) is 32.7. The quantitative estimate of drug-likeness (QED) is 0.386. The molecule has 0 bridgehead atoms. The molecule has 0 aromatic carbocycles. The van der Waals surface area contributed by atoms with E-state index < -0.39 is 17.8 Å². The van der Waals surface area contributed by atoms with E-state index in [1.807, 2.05) is 9.80 Å². The molecule has 0 spiro atoms. The molecular formula is C16H22N4O4. The number of aliphatic hydroxyl groups is 2. The van der Waals surface area contributed by atoms with Gasteiger partial charge in [0.1, 0.15) is 17.4 Å². The molecule has 1 amide bonds. The number of aliphatic hydroxyl groups excluding tert-OH is 1. The van der Waals surface area contributed by atoms with Crippen molar-refractivity contribution in [1.29, 1.82) is 5.41 Å². The minimum atomic E-state index is -1.37. The zero-order valence-electron chi connectivity index (χ0n) is 13.6. The lowest BCUT2D eigenvalue weighted by Gasteiger charge is -2.48. The molecule has 0 radical (unpaired) electrons. The van der Waals surface area contributed by atoms with Gasteiger partial charge in [-0.25, -0.2) is 0 Å². The molecule has 0 aromatic heterocycles. The number of carbonyl (C=O) groups excluding carboxylic acids is 1. The van der Waals surface area contributed by atoms with E-state index in [-0.39, 0.29) is 17.0 Å². The van der Waals surface area contributed by atoms with Crippen molar-refractivity contribution in [2.45, 2.75) is 31.7 Å². The van der Waals surface area contributed by atoms with Crippen LogP contribution in [0.4, 0.5) is 0 Å². The lowest BCUT2D eigenvalue weighted by molar-refractivity contribution is -0.219. The Morgan fingerprint density at radius 3 is 2.75 bits per heavy atom. The van der Waals surface area contributed by atoms with E-state index in [9.17, 15) is 15.0 Å². The average Bonchev–Trinajstić information content (AvgIpc) is 3.11. The van der Waals surface area contributed by atoms with Crippen LogP contribution < -0.4 is 5.32 Å². The SMILES string of the molecule is CC(O)=C1C(=N)C2=C3CCCN3C(O)(N3CCOCC3)C2NC1=O. The number of nitrogens with zero attached hydrogens (tertiary/aromatic N) is 2.